The number of anilines is 1. The van der Waals surface area contributed by atoms with Gasteiger partial charge in [0.25, 0.3) is 0 Å². The Bertz CT molecular complexity index is 463. The van der Waals surface area contributed by atoms with E-state index in [1.807, 2.05) is 13.0 Å². The third kappa shape index (κ3) is 3.13. The molecular formula is C16H24FN3. The maximum absolute atomic E-state index is 13.4. The molecule has 110 valence electrons. The van der Waals surface area contributed by atoms with E-state index in [4.69, 9.17) is 5.73 Å². The van der Waals surface area contributed by atoms with Crippen molar-refractivity contribution in [1.29, 1.82) is 0 Å². The molecule has 3 rings (SSSR count). The van der Waals surface area contributed by atoms with Crippen LogP contribution in [0.4, 0.5) is 10.1 Å². The zero-order chi connectivity index (χ0) is 14.1. The maximum Gasteiger partial charge on any atom is 0.123 e. The Morgan fingerprint density at radius 1 is 1.25 bits per heavy atom. The summed E-state index contributed by atoms with van der Waals surface area (Å²) < 4.78 is 13.4. The van der Waals surface area contributed by atoms with E-state index in [0.717, 1.165) is 43.3 Å². The molecule has 0 radical (unpaired) electrons. The number of nitrogens with zero attached hydrogens (tertiary/aromatic N) is 2. The molecule has 3 nitrogen and oxygen atoms in total. The summed E-state index contributed by atoms with van der Waals surface area (Å²) in [6.45, 7) is 7.41. The van der Waals surface area contributed by atoms with Crippen LogP contribution in [0.1, 0.15) is 31.4 Å². The summed E-state index contributed by atoms with van der Waals surface area (Å²) in [6.07, 6.45) is 2.82. The van der Waals surface area contributed by atoms with Crippen molar-refractivity contribution in [2.24, 2.45) is 11.7 Å². The van der Waals surface area contributed by atoms with Gasteiger partial charge in [-0.1, -0.05) is 0 Å². The Morgan fingerprint density at radius 3 is 2.55 bits per heavy atom. The van der Waals surface area contributed by atoms with E-state index < -0.39 is 0 Å². The number of halogens is 1. The number of piperazine rings is 1. The van der Waals surface area contributed by atoms with Crippen molar-refractivity contribution in [2.75, 3.05) is 37.6 Å². The third-order valence-corrected chi connectivity index (χ3v) is 4.41. The largest absolute Gasteiger partial charge is 0.369 e. The van der Waals surface area contributed by atoms with E-state index in [2.05, 4.69) is 9.80 Å². The molecule has 0 bridgehead atoms. The van der Waals surface area contributed by atoms with Gasteiger partial charge in [-0.25, -0.2) is 4.39 Å². The van der Waals surface area contributed by atoms with Crippen molar-refractivity contribution >= 4 is 5.69 Å². The molecule has 20 heavy (non-hydrogen) atoms. The maximum atomic E-state index is 13.4. The lowest BCUT2D eigenvalue weighted by Gasteiger charge is -2.37. The summed E-state index contributed by atoms with van der Waals surface area (Å²) in [5.41, 5.74) is 8.01. The minimum absolute atomic E-state index is 0.134. The number of hydrogen-bond acceptors (Lipinski definition) is 3. The molecule has 2 N–H and O–H groups in total. The minimum Gasteiger partial charge on any atom is -0.369 e. The van der Waals surface area contributed by atoms with Crippen molar-refractivity contribution in [3.63, 3.8) is 0 Å². The van der Waals surface area contributed by atoms with Gasteiger partial charge in [0.1, 0.15) is 5.82 Å². The lowest BCUT2D eigenvalue weighted by atomic mass is 10.0. The van der Waals surface area contributed by atoms with Gasteiger partial charge in [-0.2, -0.15) is 0 Å². The van der Waals surface area contributed by atoms with Crippen molar-refractivity contribution in [2.45, 2.75) is 25.8 Å². The second-order valence-electron chi connectivity index (χ2n) is 6.22. The first-order valence-electron chi connectivity index (χ1n) is 7.66. The molecule has 0 amide bonds. The molecule has 1 aliphatic carbocycles. The second-order valence-corrected chi connectivity index (χ2v) is 6.22. The van der Waals surface area contributed by atoms with Crippen molar-refractivity contribution in [3.05, 3.63) is 29.6 Å². The molecule has 1 saturated heterocycles. The van der Waals surface area contributed by atoms with Crippen LogP contribution in [0, 0.1) is 11.7 Å². The van der Waals surface area contributed by atoms with Crippen molar-refractivity contribution in [1.82, 2.24) is 4.90 Å². The molecule has 1 atom stereocenters. The number of rotatable bonds is 4. The second kappa shape index (κ2) is 5.70. The van der Waals surface area contributed by atoms with E-state index in [1.165, 1.54) is 25.5 Å². The predicted molar refractivity (Wildman–Crippen MR) is 80.4 cm³/mol. The van der Waals surface area contributed by atoms with E-state index in [0.29, 0.717) is 0 Å². The minimum atomic E-state index is -0.201. The number of nitrogens with two attached hydrogens (primary N) is 1. The molecule has 0 spiro atoms. The normalized spacial score (nSPS) is 22.1. The number of hydrogen-bond donors (Lipinski definition) is 1. The molecule has 0 aromatic heterocycles. The Morgan fingerprint density at radius 2 is 1.95 bits per heavy atom. The summed E-state index contributed by atoms with van der Waals surface area (Å²) in [5, 5.41) is 0. The van der Waals surface area contributed by atoms with Crippen molar-refractivity contribution < 1.29 is 4.39 Å². The molecule has 1 heterocycles. The van der Waals surface area contributed by atoms with Gasteiger partial charge in [0.2, 0.25) is 0 Å². The Kier molecular flexibility index (Phi) is 3.94. The summed E-state index contributed by atoms with van der Waals surface area (Å²) >= 11 is 0. The van der Waals surface area contributed by atoms with Gasteiger partial charge in [-0.05, 0) is 49.4 Å². The SMILES string of the molecule is C[C@@H](N)c1cc(F)ccc1N1CCN(CC2CC2)CC1. The van der Waals surface area contributed by atoms with Gasteiger partial charge < -0.3 is 10.6 Å². The first-order valence-corrected chi connectivity index (χ1v) is 7.66. The van der Waals surface area contributed by atoms with Crippen LogP contribution in [0.5, 0.6) is 0 Å². The van der Waals surface area contributed by atoms with Gasteiger partial charge in [-0.15, -0.1) is 0 Å². The molecule has 4 heteroatoms. The lowest BCUT2D eigenvalue weighted by Crippen LogP contribution is -2.47. The van der Waals surface area contributed by atoms with E-state index in [-0.39, 0.29) is 11.9 Å². The van der Waals surface area contributed by atoms with Crippen LogP contribution in [0.3, 0.4) is 0 Å². The molecule has 2 aliphatic rings. The van der Waals surface area contributed by atoms with Crippen LogP contribution < -0.4 is 10.6 Å². The fraction of sp³-hybridized carbons (Fsp3) is 0.625. The Balaban J connectivity index is 1.67. The fourth-order valence-electron chi connectivity index (χ4n) is 3.01. The highest BCUT2D eigenvalue weighted by Gasteiger charge is 2.27. The monoisotopic (exact) mass is 277 g/mol. The highest BCUT2D eigenvalue weighted by Crippen LogP contribution is 2.31. The molecule has 1 aromatic carbocycles. The smallest absolute Gasteiger partial charge is 0.123 e. The average Bonchev–Trinajstić information content (AvgIpc) is 3.24. The average molecular weight is 277 g/mol. The van der Waals surface area contributed by atoms with Gasteiger partial charge in [0.05, 0.1) is 0 Å². The highest BCUT2D eigenvalue weighted by atomic mass is 19.1. The van der Waals surface area contributed by atoms with E-state index >= 15 is 0 Å². The van der Waals surface area contributed by atoms with Crippen molar-refractivity contribution in [3.8, 4) is 0 Å². The van der Waals surface area contributed by atoms with Crippen LogP contribution >= 0.6 is 0 Å². The van der Waals surface area contributed by atoms with Crippen LogP contribution in [-0.4, -0.2) is 37.6 Å². The summed E-state index contributed by atoms with van der Waals surface area (Å²) in [5.74, 6) is 0.750. The first-order chi connectivity index (χ1) is 9.63. The topological polar surface area (TPSA) is 32.5 Å². The molecule has 0 unspecified atom stereocenters. The molecular weight excluding hydrogens is 253 g/mol. The standard InChI is InChI=1S/C16H24FN3/c1-12(18)15-10-14(17)4-5-16(15)20-8-6-19(7-9-20)11-13-2-3-13/h4-5,10,12-13H,2-3,6-9,11,18H2,1H3/t12-/m1/s1. The van der Waals surface area contributed by atoms with Crippen LogP contribution in [0.2, 0.25) is 0 Å². The summed E-state index contributed by atoms with van der Waals surface area (Å²) in [4.78, 5) is 4.91. The lowest BCUT2D eigenvalue weighted by molar-refractivity contribution is 0.248. The predicted octanol–water partition coefficient (Wildman–Crippen LogP) is 2.38. The van der Waals surface area contributed by atoms with Crippen LogP contribution in [0.25, 0.3) is 0 Å². The zero-order valence-electron chi connectivity index (χ0n) is 12.2. The fourth-order valence-corrected chi connectivity index (χ4v) is 3.01. The number of benzene rings is 1. The molecule has 1 aliphatic heterocycles. The summed E-state index contributed by atoms with van der Waals surface area (Å²) in [7, 11) is 0. The highest BCUT2D eigenvalue weighted by molar-refractivity contribution is 5.55. The molecule has 1 saturated carbocycles. The zero-order valence-corrected chi connectivity index (χ0v) is 12.2. The van der Waals surface area contributed by atoms with Gasteiger partial charge in [0, 0.05) is 44.5 Å². The first kappa shape index (κ1) is 13.8. The van der Waals surface area contributed by atoms with Crippen LogP contribution in [-0.2, 0) is 0 Å². The Labute approximate surface area is 120 Å². The Hall–Kier alpha value is -1.13. The summed E-state index contributed by atoms with van der Waals surface area (Å²) in [6, 6.07) is 4.86. The van der Waals surface area contributed by atoms with E-state index in [9.17, 15) is 4.39 Å². The van der Waals surface area contributed by atoms with E-state index in [1.54, 1.807) is 6.07 Å². The van der Waals surface area contributed by atoms with Gasteiger partial charge in [-0.3, -0.25) is 4.90 Å². The van der Waals surface area contributed by atoms with Crippen LogP contribution in [0.15, 0.2) is 18.2 Å². The van der Waals surface area contributed by atoms with Gasteiger partial charge in [0.15, 0.2) is 0 Å². The van der Waals surface area contributed by atoms with Gasteiger partial charge >= 0.3 is 0 Å². The third-order valence-electron chi connectivity index (χ3n) is 4.41. The molecule has 2 fully saturated rings. The molecule has 1 aromatic rings. The quantitative estimate of drug-likeness (QED) is 0.917.